The van der Waals surface area contributed by atoms with E-state index in [2.05, 4.69) is 59.3 Å². The molecule has 3 heteroatoms. The van der Waals surface area contributed by atoms with E-state index in [1.165, 1.54) is 37.8 Å². The van der Waals surface area contributed by atoms with Crippen molar-refractivity contribution < 1.29 is 0 Å². The summed E-state index contributed by atoms with van der Waals surface area (Å²) in [7, 11) is 2.12. The largest absolute Gasteiger partial charge is 0.316 e. The van der Waals surface area contributed by atoms with Crippen LogP contribution in [0.5, 0.6) is 0 Å². The van der Waals surface area contributed by atoms with E-state index in [1.54, 1.807) is 0 Å². The lowest BCUT2D eigenvalue weighted by atomic mass is 9.71. The molecular weight excluding hydrogens is 312 g/mol. The van der Waals surface area contributed by atoms with Crippen molar-refractivity contribution in [1.82, 2.24) is 10.3 Å². The summed E-state index contributed by atoms with van der Waals surface area (Å²) in [6.07, 6.45) is 9.79. The van der Waals surface area contributed by atoms with Crippen LogP contribution in [0, 0.1) is 11.3 Å². The van der Waals surface area contributed by atoms with E-state index in [0.717, 1.165) is 16.8 Å². The van der Waals surface area contributed by atoms with Gasteiger partial charge in [-0.25, -0.2) is 0 Å². The lowest BCUT2D eigenvalue weighted by Gasteiger charge is -2.39. The fourth-order valence-corrected chi connectivity index (χ4v) is 4.18. The van der Waals surface area contributed by atoms with Gasteiger partial charge in [-0.15, -0.1) is 0 Å². The monoisotopic (exact) mass is 338 g/mol. The fourth-order valence-electron chi connectivity index (χ4n) is 3.95. The molecule has 112 valence electrons. The van der Waals surface area contributed by atoms with E-state index in [9.17, 15) is 0 Å². The summed E-state index contributed by atoms with van der Waals surface area (Å²) in [4.78, 5) is 4.56. The molecule has 1 saturated carbocycles. The summed E-state index contributed by atoms with van der Waals surface area (Å²) in [6, 6.07) is 4.78. The summed E-state index contributed by atoms with van der Waals surface area (Å²) in [5.74, 6) is 0.766. The number of hydrogen-bond acceptors (Lipinski definition) is 2. The standard InChI is InChI=1S/C17H27BrN2/c1-13(2)11-17(8-4-5-9-17)16(19-3)10-15-7-6-14(18)12-20-15/h6-7,12-13,16,19H,4-5,8-11H2,1-3H3. The highest BCUT2D eigenvalue weighted by Crippen LogP contribution is 2.46. The lowest BCUT2D eigenvalue weighted by molar-refractivity contribution is 0.159. The molecule has 0 spiro atoms. The van der Waals surface area contributed by atoms with Crippen LogP contribution in [0.3, 0.4) is 0 Å². The predicted molar refractivity (Wildman–Crippen MR) is 88.8 cm³/mol. The Morgan fingerprint density at radius 3 is 2.50 bits per heavy atom. The Bertz CT molecular complexity index is 408. The third kappa shape index (κ3) is 3.82. The third-order valence-electron chi connectivity index (χ3n) is 4.70. The van der Waals surface area contributed by atoms with E-state index >= 15 is 0 Å². The molecule has 1 fully saturated rings. The minimum atomic E-state index is 0.470. The maximum absolute atomic E-state index is 4.56. The number of nitrogens with zero attached hydrogens (tertiary/aromatic N) is 1. The van der Waals surface area contributed by atoms with Crippen molar-refractivity contribution in [3.8, 4) is 0 Å². The molecule has 0 saturated heterocycles. The molecule has 1 N–H and O–H groups in total. The van der Waals surface area contributed by atoms with Gasteiger partial charge in [0.05, 0.1) is 0 Å². The minimum Gasteiger partial charge on any atom is -0.316 e. The Kier molecular flexibility index (Phi) is 5.62. The Morgan fingerprint density at radius 2 is 2.00 bits per heavy atom. The van der Waals surface area contributed by atoms with E-state index < -0.39 is 0 Å². The maximum Gasteiger partial charge on any atom is 0.0420 e. The molecule has 2 nitrogen and oxygen atoms in total. The zero-order valence-electron chi connectivity index (χ0n) is 13.0. The van der Waals surface area contributed by atoms with Crippen LogP contribution in [-0.4, -0.2) is 18.1 Å². The molecule has 1 aromatic heterocycles. The Balaban J connectivity index is 2.14. The molecular formula is C17H27BrN2. The van der Waals surface area contributed by atoms with Crippen LogP contribution in [-0.2, 0) is 6.42 Å². The average Bonchev–Trinajstić information content (AvgIpc) is 2.86. The van der Waals surface area contributed by atoms with Crippen LogP contribution in [0.2, 0.25) is 0 Å². The Labute approximate surface area is 131 Å². The van der Waals surface area contributed by atoms with Crippen LogP contribution >= 0.6 is 15.9 Å². The third-order valence-corrected chi connectivity index (χ3v) is 5.17. The van der Waals surface area contributed by atoms with Crippen molar-refractivity contribution in [3.05, 3.63) is 28.5 Å². The van der Waals surface area contributed by atoms with Gasteiger partial charge in [-0.2, -0.15) is 0 Å². The van der Waals surface area contributed by atoms with Gasteiger partial charge in [0.1, 0.15) is 0 Å². The number of pyridine rings is 1. The molecule has 0 aliphatic heterocycles. The molecule has 1 atom stereocenters. The van der Waals surface area contributed by atoms with E-state index in [4.69, 9.17) is 0 Å². The topological polar surface area (TPSA) is 24.9 Å². The van der Waals surface area contributed by atoms with Crippen LogP contribution in [0.15, 0.2) is 22.8 Å². The summed E-state index contributed by atoms with van der Waals surface area (Å²) in [6.45, 7) is 4.70. The van der Waals surface area contributed by atoms with Crippen LogP contribution in [0.1, 0.15) is 51.6 Å². The first-order valence-corrected chi connectivity index (χ1v) is 8.63. The highest BCUT2D eigenvalue weighted by atomic mass is 79.9. The molecule has 0 bridgehead atoms. The minimum absolute atomic E-state index is 0.470. The molecule has 20 heavy (non-hydrogen) atoms. The number of halogens is 1. The predicted octanol–water partition coefficient (Wildman–Crippen LogP) is 4.58. The van der Waals surface area contributed by atoms with Crippen molar-refractivity contribution in [1.29, 1.82) is 0 Å². The zero-order chi connectivity index (χ0) is 14.6. The van der Waals surface area contributed by atoms with E-state index in [1.807, 2.05) is 6.20 Å². The van der Waals surface area contributed by atoms with Crippen LogP contribution in [0.4, 0.5) is 0 Å². The van der Waals surface area contributed by atoms with Gasteiger partial charge in [0.25, 0.3) is 0 Å². The molecule has 0 amide bonds. The first-order chi connectivity index (χ1) is 9.55. The number of aromatic nitrogens is 1. The molecule has 1 aromatic rings. The van der Waals surface area contributed by atoms with Crippen molar-refractivity contribution in [2.75, 3.05) is 7.05 Å². The summed E-state index contributed by atoms with van der Waals surface area (Å²) < 4.78 is 1.06. The van der Waals surface area contributed by atoms with E-state index in [0.29, 0.717) is 11.5 Å². The van der Waals surface area contributed by atoms with Crippen molar-refractivity contribution >= 4 is 15.9 Å². The Hall–Kier alpha value is -0.410. The van der Waals surface area contributed by atoms with Gasteiger partial charge < -0.3 is 5.32 Å². The first kappa shape index (κ1) is 16.0. The first-order valence-electron chi connectivity index (χ1n) is 7.83. The van der Waals surface area contributed by atoms with Gasteiger partial charge in [-0.1, -0.05) is 26.7 Å². The quantitative estimate of drug-likeness (QED) is 0.820. The number of likely N-dealkylation sites (N-methyl/N-ethyl adjacent to an activating group) is 1. The molecule has 1 aliphatic rings. The smallest absolute Gasteiger partial charge is 0.0420 e. The fraction of sp³-hybridized carbons (Fsp3) is 0.706. The Morgan fingerprint density at radius 1 is 1.30 bits per heavy atom. The van der Waals surface area contributed by atoms with Gasteiger partial charge in [0, 0.05) is 28.8 Å². The molecule has 0 radical (unpaired) electrons. The second kappa shape index (κ2) is 7.04. The number of nitrogens with one attached hydrogen (secondary N) is 1. The molecule has 2 rings (SSSR count). The number of hydrogen-bond donors (Lipinski definition) is 1. The van der Waals surface area contributed by atoms with Gasteiger partial charge in [0.15, 0.2) is 0 Å². The second-order valence-electron chi connectivity index (χ2n) is 6.68. The van der Waals surface area contributed by atoms with E-state index in [-0.39, 0.29) is 0 Å². The molecule has 0 aromatic carbocycles. The van der Waals surface area contributed by atoms with Crippen molar-refractivity contribution in [3.63, 3.8) is 0 Å². The normalized spacial score (nSPS) is 19.4. The van der Waals surface area contributed by atoms with Gasteiger partial charge >= 0.3 is 0 Å². The molecule has 1 unspecified atom stereocenters. The highest BCUT2D eigenvalue weighted by molar-refractivity contribution is 9.10. The highest BCUT2D eigenvalue weighted by Gasteiger charge is 2.40. The zero-order valence-corrected chi connectivity index (χ0v) is 14.5. The van der Waals surface area contributed by atoms with Crippen LogP contribution < -0.4 is 5.32 Å². The second-order valence-corrected chi connectivity index (χ2v) is 7.60. The molecule has 1 aliphatic carbocycles. The van der Waals surface area contributed by atoms with Crippen LogP contribution in [0.25, 0.3) is 0 Å². The summed E-state index contributed by atoms with van der Waals surface area (Å²) >= 11 is 3.46. The van der Waals surface area contributed by atoms with Gasteiger partial charge in [-0.3, -0.25) is 4.98 Å². The maximum atomic E-state index is 4.56. The van der Waals surface area contributed by atoms with Gasteiger partial charge in [-0.05, 0) is 65.7 Å². The number of rotatable bonds is 6. The van der Waals surface area contributed by atoms with Crippen molar-refractivity contribution in [2.24, 2.45) is 11.3 Å². The average molecular weight is 339 g/mol. The molecule has 1 heterocycles. The lowest BCUT2D eigenvalue weighted by Crippen LogP contribution is -2.44. The summed E-state index contributed by atoms with van der Waals surface area (Å²) in [5.41, 5.74) is 1.67. The SMILES string of the molecule is CNC(Cc1ccc(Br)cn1)C1(CC(C)C)CCCC1. The summed E-state index contributed by atoms with van der Waals surface area (Å²) in [5, 5.41) is 3.60. The van der Waals surface area contributed by atoms with Gasteiger partial charge in [0.2, 0.25) is 0 Å². The van der Waals surface area contributed by atoms with Crippen molar-refractivity contribution in [2.45, 2.75) is 58.4 Å².